The SMILES string of the molecule is COc1ccc(-c2noc(-c3cn(Cc4ccc(NC(=O)c5cccc(Cl)c5)cc4)cn3)n2)cc1OC. The Bertz CT molecular complexity index is 1540. The van der Waals surface area contributed by atoms with E-state index in [1.54, 1.807) is 56.9 Å². The summed E-state index contributed by atoms with van der Waals surface area (Å²) in [6.45, 7) is 0.576. The molecular weight excluding hydrogens is 494 g/mol. The zero-order chi connectivity index (χ0) is 25.8. The van der Waals surface area contributed by atoms with E-state index in [0.717, 1.165) is 11.1 Å². The fourth-order valence-electron chi connectivity index (χ4n) is 3.71. The molecule has 0 radical (unpaired) electrons. The highest BCUT2D eigenvalue weighted by Gasteiger charge is 2.15. The zero-order valence-electron chi connectivity index (χ0n) is 20.0. The van der Waals surface area contributed by atoms with Gasteiger partial charge in [0.25, 0.3) is 11.8 Å². The van der Waals surface area contributed by atoms with Gasteiger partial charge in [-0.05, 0) is 54.1 Å². The molecule has 0 saturated heterocycles. The Morgan fingerprint density at radius 3 is 2.59 bits per heavy atom. The summed E-state index contributed by atoms with van der Waals surface area (Å²) in [5.41, 5.74) is 3.51. The predicted octanol–water partition coefficient (Wildman–Crippen LogP) is 5.57. The first-order valence-electron chi connectivity index (χ1n) is 11.3. The van der Waals surface area contributed by atoms with Crippen molar-refractivity contribution >= 4 is 23.2 Å². The van der Waals surface area contributed by atoms with Crippen molar-refractivity contribution in [2.75, 3.05) is 19.5 Å². The number of carbonyl (C=O) groups excluding carboxylic acids is 1. The van der Waals surface area contributed by atoms with Crippen LogP contribution in [0.15, 0.2) is 83.8 Å². The molecule has 5 aromatic rings. The first-order valence-corrected chi connectivity index (χ1v) is 11.6. The molecule has 2 heterocycles. The third-order valence-corrected chi connectivity index (χ3v) is 5.82. The molecule has 37 heavy (non-hydrogen) atoms. The summed E-state index contributed by atoms with van der Waals surface area (Å²) in [6, 6.07) is 19.8. The quantitative estimate of drug-likeness (QED) is 0.288. The van der Waals surface area contributed by atoms with E-state index in [1.807, 2.05) is 41.1 Å². The number of aromatic nitrogens is 4. The van der Waals surface area contributed by atoms with Crippen LogP contribution in [0.2, 0.25) is 5.02 Å². The van der Waals surface area contributed by atoms with E-state index in [-0.39, 0.29) is 5.91 Å². The predicted molar refractivity (Wildman–Crippen MR) is 139 cm³/mol. The van der Waals surface area contributed by atoms with E-state index in [1.165, 1.54) is 0 Å². The second-order valence-electron chi connectivity index (χ2n) is 8.09. The summed E-state index contributed by atoms with van der Waals surface area (Å²) in [5.74, 6) is 1.70. The van der Waals surface area contributed by atoms with Crippen LogP contribution in [0.25, 0.3) is 23.0 Å². The van der Waals surface area contributed by atoms with E-state index in [9.17, 15) is 4.79 Å². The first kappa shape index (κ1) is 24.1. The molecule has 1 N–H and O–H groups in total. The van der Waals surface area contributed by atoms with Gasteiger partial charge in [-0.2, -0.15) is 4.98 Å². The highest BCUT2D eigenvalue weighted by atomic mass is 35.5. The van der Waals surface area contributed by atoms with Gasteiger partial charge < -0.3 is 23.9 Å². The molecule has 5 rings (SSSR count). The van der Waals surface area contributed by atoms with E-state index in [0.29, 0.717) is 51.7 Å². The highest BCUT2D eigenvalue weighted by molar-refractivity contribution is 6.31. The molecule has 186 valence electrons. The van der Waals surface area contributed by atoms with Gasteiger partial charge in [0.2, 0.25) is 5.82 Å². The number of rotatable bonds is 8. The lowest BCUT2D eigenvalue weighted by Gasteiger charge is -2.07. The molecule has 3 aromatic carbocycles. The Morgan fingerprint density at radius 1 is 1.03 bits per heavy atom. The minimum Gasteiger partial charge on any atom is -0.493 e. The number of halogens is 1. The van der Waals surface area contributed by atoms with Crippen molar-refractivity contribution in [1.29, 1.82) is 0 Å². The number of hydrogen-bond donors (Lipinski definition) is 1. The van der Waals surface area contributed by atoms with Gasteiger partial charge in [0.05, 0.1) is 20.5 Å². The summed E-state index contributed by atoms with van der Waals surface area (Å²) in [5, 5.41) is 7.46. The molecule has 0 unspecified atom stereocenters. The van der Waals surface area contributed by atoms with Crippen LogP contribution in [-0.2, 0) is 6.54 Å². The van der Waals surface area contributed by atoms with E-state index >= 15 is 0 Å². The minimum absolute atomic E-state index is 0.221. The fourth-order valence-corrected chi connectivity index (χ4v) is 3.90. The first-order chi connectivity index (χ1) is 18.0. The Kier molecular flexibility index (Phi) is 6.87. The normalized spacial score (nSPS) is 10.8. The van der Waals surface area contributed by atoms with Gasteiger partial charge in [-0.3, -0.25) is 4.79 Å². The average molecular weight is 516 g/mol. The van der Waals surface area contributed by atoms with Crippen molar-refractivity contribution in [3.63, 3.8) is 0 Å². The Morgan fingerprint density at radius 2 is 1.84 bits per heavy atom. The number of imidazole rings is 1. The van der Waals surface area contributed by atoms with Gasteiger partial charge in [-0.25, -0.2) is 4.98 Å². The van der Waals surface area contributed by atoms with E-state index in [4.69, 9.17) is 25.6 Å². The van der Waals surface area contributed by atoms with Crippen LogP contribution in [0.3, 0.4) is 0 Å². The van der Waals surface area contributed by atoms with Crippen LogP contribution in [0, 0.1) is 0 Å². The maximum Gasteiger partial charge on any atom is 0.278 e. The smallest absolute Gasteiger partial charge is 0.278 e. The van der Waals surface area contributed by atoms with Crippen molar-refractivity contribution in [2.24, 2.45) is 0 Å². The summed E-state index contributed by atoms with van der Waals surface area (Å²) >= 11 is 5.97. The Balaban J connectivity index is 1.24. The van der Waals surface area contributed by atoms with Crippen LogP contribution in [0.1, 0.15) is 15.9 Å². The largest absolute Gasteiger partial charge is 0.493 e. The van der Waals surface area contributed by atoms with Crippen LogP contribution in [-0.4, -0.2) is 39.8 Å². The molecule has 0 atom stereocenters. The second kappa shape index (κ2) is 10.5. The molecular formula is C27H22ClN5O4. The number of amides is 1. The van der Waals surface area contributed by atoms with Gasteiger partial charge in [-0.1, -0.05) is 35.0 Å². The lowest BCUT2D eigenvalue weighted by atomic mass is 10.2. The third-order valence-electron chi connectivity index (χ3n) is 5.58. The average Bonchev–Trinajstić information content (AvgIpc) is 3.59. The third kappa shape index (κ3) is 5.46. The van der Waals surface area contributed by atoms with Gasteiger partial charge >= 0.3 is 0 Å². The van der Waals surface area contributed by atoms with Crippen LogP contribution in [0.5, 0.6) is 11.5 Å². The Labute approximate surface area is 217 Å². The standard InChI is InChI=1S/C27H22ClN5O4/c1-35-23-11-8-18(13-24(23)36-2)25-31-27(37-32-25)22-15-33(16-29-22)14-17-6-9-21(10-7-17)30-26(34)19-4-3-5-20(28)12-19/h3-13,15-16H,14H2,1-2H3,(H,30,34). The zero-order valence-corrected chi connectivity index (χ0v) is 20.8. The monoisotopic (exact) mass is 515 g/mol. The minimum atomic E-state index is -0.221. The van der Waals surface area contributed by atoms with Crippen molar-refractivity contribution in [3.05, 3.63) is 95.4 Å². The van der Waals surface area contributed by atoms with Gasteiger partial charge in [0.15, 0.2) is 11.5 Å². The number of nitrogens with one attached hydrogen (secondary N) is 1. The molecule has 1 amide bonds. The Hall–Kier alpha value is -4.63. The van der Waals surface area contributed by atoms with Crippen molar-refractivity contribution in [1.82, 2.24) is 19.7 Å². The second-order valence-corrected chi connectivity index (χ2v) is 8.52. The summed E-state index contributed by atoms with van der Waals surface area (Å²) < 4.78 is 18.0. The lowest BCUT2D eigenvalue weighted by molar-refractivity contribution is 0.102. The van der Waals surface area contributed by atoms with Crippen molar-refractivity contribution in [3.8, 4) is 34.5 Å². The highest BCUT2D eigenvalue weighted by Crippen LogP contribution is 2.32. The maximum atomic E-state index is 12.4. The van der Waals surface area contributed by atoms with Gasteiger partial charge in [0.1, 0.15) is 5.69 Å². The molecule has 0 bridgehead atoms. The molecule has 9 nitrogen and oxygen atoms in total. The fraction of sp³-hybridized carbons (Fsp3) is 0.111. The summed E-state index contributed by atoms with van der Waals surface area (Å²) in [7, 11) is 3.15. The molecule has 0 aliphatic carbocycles. The van der Waals surface area contributed by atoms with E-state index < -0.39 is 0 Å². The number of benzene rings is 3. The van der Waals surface area contributed by atoms with Crippen LogP contribution >= 0.6 is 11.6 Å². The van der Waals surface area contributed by atoms with Crippen molar-refractivity contribution < 1.29 is 18.8 Å². The van der Waals surface area contributed by atoms with Gasteiger partial charge in [-0.15, -0.1) is 0 Å². The molecule has 0 aliphatic rings. The molecule has 0 aliphatic heterocycles. The number of methoxy groups -OCH3 is 2. The number of carbonyl (C=O) groups is 1. The maximum absolute atomic E-state index is 12.4. The van der Waals surface area contributed by atoms with Gasteiger partial charge in [0, 0.05) is 34.6 Å². The topological polar surface area (TPSA) is 104 Å². The lowest BCUT2D eigenvalue weighted by Crippen LogP contribution is -2.11. The summed E-state index contributed by atoms with van der Waals surface area (Å²) in [6.07, 6.45) is 3.53. The van der Waals surface area contributed by atoms with Crippen LogP contribution in [0.4, 0.5) is 5.69 Å². The number of ether oxygens (including phenoxy) is 2. The molecule has 0 saturated carbocycles. The molecule has 0 fully saturated rings. The van der Waals surface area contributed by atoms with Crippen LogP contribution < -0.4 is 14.8 Å². The molecule has 2 aromatic heterocycles. The number of nitrogens with zero attached hydrogens (tertiary/aromatic N) is 4. The van der Waals surface area contributed by atoms with Crippen molar-refractivity contribution in [2.45, 2.75) is 6.54 Å². The summed E-state index contributed by atoms with van der Waals surface area (Å²) in [4.78, 5) is 21.3. The molecule has 10 heteroatoms. The van der Waals surface area contributed by atoms with E-state index in [2.05, 4.69) is 20.4 Å². The molecule has 0 spiro atoms. The number of hydrogen-bond acceptors (Lipinski definition) is 7. The number of anilines is 1.